The third-order valence-corrected chi connectivity index (χ3v) is 3.82. The molecule has 1 amide bonds. The van der Waals surface area contributed by atoms with Crippen molar-refractivity contribution in [3.8, 4) is 5.75 Å². The molecule has 1 aromatic heterocycles. The third-order valence-electron chi connectivity index (χ3n) is 3.82. The van der Waals surface area contributed by atoms with Crippen LogP contribution in [-0.4, -0.2) is 33.4 Å². The van der Waals surface area contributed by atoms with Gasteiger partial charge in [-0.2, -0.15) is 5.10 Å². The predicted octanol–water partition coefficient (Wildman–Crippen LogP) is 3.02. The number of aromatic nitrogens is 2. The second kappa shape index (κ2) is 8.32. The zero-order chi connectivity index (χ0) is 18.4. The van der Waals surface area contributed by atoms with Gasteiger partial charge in [-0.25, -0.2) is 0 Å². The van der Waals surface area contributed by atoms with Crippen LogP contribution in [0.5, 0.6) is 5.75 Å². The Bertz CT molecular complexity index is 750. The summed E-state index contributed by atoms with van der Waals surface area (Å²) in [5.74, 6) is -0.391. The van der Waals surface area contributed by atoms with Crippen molar-refractivity contribution in [3.63, 3.8) is 0 Å². The molecule has 7 nitrogen and oxygen atoms in total. The van der Waals surface area contributed by atoms with E-state index in [1.54, 1.807) is 28.9 Å². The normalized spacial score (nSPS) is 10.5. The van der Waals surface area contributed by atoms with Crippen molar-refractivity contribution in [2.24, 2.45) is 0 Å². The Labute approximate surface area is 146 Å². The van der Waals surface area contributed by atoms with E-state index in [0.717, 1.165) is 5.69 Å². The first kappa shape index (κ1) is 18.5. The molecule has 0 saturated heterocycles. The van der Waals surface area contributed by atoms with Gasteiger partial charge in [-0.1, -0.05) is 0 Å². The number of anilines is 1. The van der Waals surface area contributed by atoms with Crippen molar-refractivity contribution < 1.29 is 19.4 Å². The van der Waals surface area contributed by atoms with Crippen molar-refractivity contribution in [2.45, 2.75) is 40.2 Å². The number of carbonyl (C=O) groups is 2. The highest BCUT2D eigenvalue weighted by Crippen LogP contribution is 2.19. The SMILES string of the molecule is CCn1nc(C)c(C(=O)Nc2ccc(OCCCC(=O)O)cc2)c1C. The first-order chi connectivity index (χ1) is 11.9. The van der Waals surface area contributed by atoms with Gasteiger partial charge in [0.05, 0.1) is 17.9 Å². The molecule has 25 heavy (non-hydrogen) atoms. The van der Waals surface area contributed by atoms with E-state index in [-0.39, 0.29) is 12.3 Å². The van der Waals surface area contributed by atoms with Crippen LogP contribution in [0.4, 0.5) is 5.69 Å². The average Bonchev–Trinajstić information content (AvgIpc) is 2.86. The number of aliphatic carboxylic acids is 1. The fraction of sp³-hybridized carbons (Fsp3) is 0.389. The lowest BCUT2D eigenvalue weighted by molar-refractivity contribution is -0.137. The van der Waals surface area contributed by atoms with E-state index in [1.807, 2.05) is 20.8 Å². The average molecular weight is 345 g/mol. The summed E-state index contributed by atoms with van der Waals surface area (Å²) in [5, 5.41) is 15.8. The van der Waals surface area contributed by atoms with E-state index in [4.69, 9.17) is 9.84 Å². The van der Waals surface area contributed by atoms with Crippen LogP contribution in [-0.2, 0) is 11.3 Å². The van der Waals surface area contributed by atoms with E-state index in [2.05, 4.69) is 10.4 Å². The lowest BCUT2D eigenvalue weighted by Gasteiger charge is -2.08. The number of benzene rings is 1. The molecule has 0 spiro atoms. The summed E-state index contributed by atoms with van der Waals surface area (Å²) in [4.78, 5) is 22.9. The van der Waals surface area contributed by atoms with E-state index >= 15 is 0 Å². The molecular formula is C18H23N3O4. The topological polar surface area (TPSA) is 93.5 Å². The smallest absolute Gasteiger partial charge is 0.303 e. The lowest BCUT2D eigenvalue weighted by atomic mass is 10.1. The van der Waals surface area contributed by atoms with E-state index in [9.17, 15) is 9.59 Å². The summed E-state index contributed by atoms with van der Waals surface area (Å²) >= 11 is 0. The Kier molecular flexibility index (Phi) is 6.16. The molecule has 2 N–H and O–H groups in total. The van der Waals surface area contributed by atoms with Crippen molar-refractivity contribution in [1.29, 1.82) is 0 Å². The fourth-order valence-electron chi connectivity index (χ4n) is 2.57. The van der Waals surface area contributed by atoms with Crippen LogP contribution >= 0.6 is 0 Å². The first-order valence-electron chi connectivity index (χ1n) is 8.22. The third kappa shape index (κ3) is 4.82. The highest BCUT2D eigenvalue weighted by Gasteiger charge is 2.18. The Morgan fingerprint density at radius 3 is 2.48 bits per heavy atom. The minimum atomic E-state index is -0.835. The Morgan fingerprint density at radius 2 is 1.92 bits per heavy atom. The fourth-order valence-corrected chi connectivity index (χ4v) is 2.57. The van der Waals surface area contributed by atoms with Crippen molar-refractivity contribution in [3.05, 3.63) is 41.2 Å². The quantitative estimate of drug-likeness (QED) is 0.717. The minimum absolute atomic E-state index is 0.0816. The molecular weight excluding hydrogens is 322 g/mol. The molecule has 0 aliphatic rings. The van der Waals surface area contributed by atoms with Gasteiger partial charge in [-0.3, -0.25) is 14.3 Å². The minimum Gasteiger partial charge on any atom is -0.494 e. The highest BCUT2D eigenvalue weighted by molar-refractivity contribution is 6.05. The van der Waals surface area contributed by atoms with Crippen LogP contribution in [0.25, 0.3) is 0 Å². The van der Waals surface area contributed by atoms with Crippen LogP contribution in [0.15, 0.2) is 24.3 Å². The second-order valence-corrected chi connectivity index (χ2v) is 5.69. The van der Waals surface area contributed by atoms with Crippen molar-refractivity contribution in [1.82, 2.24) is 9.78 Å². The molecule has 0 bridgehead atoms. The zero-order valence-electron chi connectivity index (χ0n) is 14.7. The van der Waals surface area contributed by atoms with Gasteiger partial charge in [0.15, 0.2) is 0 Å². The van der Waals surface area contributed by atoms with Crippen LogP contribution in [0, 0.1) is 13.8 Å². The summed E-state index contributed by atoms with van der Waals surface area (Å²) in [6, 6.07) is 6.98. The maximum atomic E-state index is 12.5. The highest BCUT2D eigenvalue weighted by atomic mass is 16.5. The van der Waals surface area contributed by atoms with Gasteiger partial charge in [0.1, 0.15) is 5.75 Å². The van der Waals surface area contributed by atoms with E-state index in [0.29, 0.717) is 42.3 Å². The van der Waals surface area contributed by atoms with Crippen LogP contribution in [0.1, 0.15) is 41.5 Å². The number of nitrogens with zero attached hydrogens (tertiary/aromatic N) is 2. The zero-order valence-corrected chi connectivity index (χ0v) is 14.7. The maximum Gasteiger partial charge on any atom is 0.303 e. The molecule has 0 radical (unpaired) electrons. The Hall–Kier alpha value is -2.83. The predicted molar refractivity (Wildman–Crippen MR) is 94.1 cm³/mol. The molecule has 1 aromatic carbocycles. The lowest BCUT2D eigenvalue weighted by Crippen LogP contribution is -2.14. The summed E-state index contributed by atoms with van der Waals surface area (Å²) in [6.07, 6.45) is 0.534. The van der Waals surface area contributed by atoms with Gasteiger partial charge in [-0.05, 0) is 51.5 Å². The molecule has 0 aliphatic carbocycles. The number of hydrogen-bond acceptors (Lipinski definition) is 4. The second-order valence-electron chi connectivity index (χ2n) is 5.69. The van der Waals surface area contributed by atoms with Crippen LogP contribution in [0.3, 0.4) is 0 Å². The molecule has 0 aliphatic heterocycles. The van der Waals surface area contributed by atoms with Crippen molar-refractivity contribution >= 4 is 17.6 Å². The first-order valence-corrected chi connectivity index (χ1v) is 8.22. The molecule has 0 saturated carbocycles. The summed E-state index contributed by atoms with van der Waals surface area (Å²) in [5.41, 5.74) is 2.80. The number of aryl methyl sites for hydroxylation is 2. The van der Waals surface area contributed by atoms with E-state index in [1.165, 1.54) is 0 Å². The standard InChI is InChI=1S/C18H23N3O4/c1-4-21-13(3)17(12(2)20-21)18(24)19-14-7-9-15(10-8-14)25-11-5-6-16(22)23/h7-10H,4-6,11H2,1-3H3,(H,19,24)(H,22,23). The van der Waals surface area contributed by atoms with Crippen LogP contribution in [0.2, 0.25) is 0 Å². The summed E-state index contributed by atoms with van der Waals surface area (Å²) in [6.45, 7) is 6.74. The number of carboxylic acids is 1. The number of carbonyl (C=O) groups excluding carboxylic acids is 1. The summed E-state index contributed by atoms with van der Waals surface area (Å²) in [7, 11) is 0. The number of rotatable bonds is 8. The molecule has 1 heterocycles. The largest absolute Gasteiger partial charge is 0.494 e. The maximum absolute atomic E-state index is 12.5. The van der Waals surface area contributed by atoms with Gasteiger partial charge in [-0.15, -0.1) is 0 Å². The Morgan fingerprint density at radius 1 is 1.24 bits per heavy atom. The Balaban J connectivity index is 1.96. The number of hydrogen-bond donors (Lipinski definition) is 2. The molecule has 134 valence electrons. The molecule has 7 heteroatoms. The number of nitrogens with one attached hydrogen (secondary N) is 1. The number of ether oxygens (including phenoxy) is 1. The number of amides is 1. The monoisotopic (exact) mass is 345 g/mol. The van der Waals surface area contributed by atoms with Gasteiger partial charge in [0.25, 0.3) is 5.91 Å². The summed E-state index contributed by atoms with van der Waals surface area (Å²) < 4.78 is 7.27. The number of carboxylic acid groups (broad SMARTS) is 1. The van der Waals surface area contributed by atoms with Gasteiger partial charge >= 0.3 is 5.97 Å². The molecule has 0 atom stereocenters. The van der Waals surface area contributed by atoms with Crippen LogP contribution < -0.4 is 10.1 Å². The van der Waals surface area contributed by atoms with Gasteiger partial charge in [0, 0.05) is 24.3 Å². The van der Waals surface area contributed by atoms with Gasteiger partial charge in [0.2, 0.25) is 0 Å². The molecule has 0 unspecified atom stereocenters. The molecule has 2 aromatic rings. The van der Waals surface area contributed by atoms with Crippen molar-refractivity contribution in [2.75, 3.05) is 11.9 Å². The van der Waals surface area contributed by atoms with E-state index < -0.39 is 5.97 Å². The molecule has 2 rings (SSSR count). The van der Waals surface area contributed by atoms with Gasteiger partial charge < -0.3 is 15.2 Å². The molecule has 0 fully saturated rings.